The summed E-state index contributed by atoms with van der Waals surface area (Å²) in [4.78, 5) is 32.8. The largest absolute Gasteiger partial charge is 0.481 e. The van der Waals surface area contributed by atoms with E-state index in [9.17, 15) is 14.4 Å². The van der Waals surface area contributed by atoms with Gasteiger partial charge in [-0.25, -0.2) is 4.79 Å². The highest BCUT2D eigenvalue weighted by Gasteiger charge is 2.18. The minimum absolute atomic E-state index is 0.0547. The molecule has 3 amide bonds. The molecule has 0 aromatic carbocycles. The number of hydrogen-bond donors (Lipinski definition) is 3. The number of carboxylic acids is 1. The van der Waals surface area contributed by atoms with E-state index in [0.717, 1.165) is 17.9 Å². The molecular weight excluding hydrogens is 244 g/mol. The lowest BCUT2D eigenvalue weighted by Crippen LogP contribution is -2.44. The number of urea groups is 1. The summed E-state index contributed by atoms with van der Waals surface area (Å²) in [6, 6.07) is -0.357. The highest BCUT2D eigenvalue weighted by Crippen LogP contribution is 2.16. The fraction of sp³-hybridized carbons (Fsp3) is 0.700. The van der Waals surface area contributed by atoms with Crippen LogP contribution in [0.3, 0.4) is 0 Å². The van der Waals surface area contributed by atoms with Crippen LogP contribution >= 0.6 is 11.8 Å². The molecule has 1 atom stereocenters. The number of carbonyl (C=O) groups excluding carboxylic acids is 2. The van der Waals surface area contributed by atoms with E-state index >= 15 is 0 Å². The maximum atomic E-state index is 11.3. The lowest BCUT2D eigenvalue weighted by Gasteiger charge is -2.11. The van der Waals surface area contributed by atoms with Gasteiger partial charge in [-0.3, -0.25) is 14.9 Å². The Morgan fingerprint density at radius 2 is 2.06 bits per heavy atom. The maximum Gasteiger partial charge on any atom is 0.321 e. The van der Waals surface area contributed by atoms with Crippen LogP contribution in [0.25, 0.3) is 0 Å². The molecule has 17 heavy (non-hydrogen) atoms. The number of imide groups is 1. The summed E-state index contributed by atoms with van der Waals surface area (Å²) in [5.41, 5.74) is 0. The monoisotopic (exact) mass is 260 g/mol. The van der Waals surface area contributed by atoms with E-state index in [-0.39, 0.29) is 25.3 Å². The van der Waals surface area contributed by atoms with E-state index in [0.29, 0.717) is 0 Å². The minimum atomic E-state index is -0.940. The molecule has 1 unspecified atom stereocenters. The van der Waals surface area contributed by atoms with Crippen molar-refractivity contribution in [1.29, 1.82) is 0 Å². The van der Waals surface area contributed by atoms with Crippen molar-refractivity contribution in [2.75, 3.05) is 11.5 Å². The topological polar surface area (TPSA) is 95.5 Å². The zero-order valence-electron chi connectivity index (χ0n) is 9.40. The molecule has 1 aliphatic rings. The molecule has 7 heteroatoms. The van der Waals surface area contributed by atoms with Crippen LogP contribution < -0.4 is 10.6 Å². The third-order valence-corrected chi connectivity index (χ3v) is 3.47. The third-order valence-electron chi connectivity index (χ3n) is 2.31. The van der Waals surface area contributed by atoms with Crippen LogP contribution in [0.2, 0.25) is 0 Å². The Kier molecular flexibility index (Phi) is 5.82. The molecule has 96 valence electrons. The Balaban J connectivity index is 2.12. The first kappa shape index (κ1) is 13.8. The van der Waals surface area contributed by atoms with Crippen LogP contribution in [0.1, 0.15) is 25.7 Å². The Labute approximate surface area is 104 Å². The van der Waals surface area contributed by atoms with Crippen molar-refractivity contribution in [3.8, 4) is 0 Å². The Bertz CT molecular complexity index is 303. The van der Waals surface area contributed by atoms with Crippen molar-refractivity contribution in [2.24, 2.45) is 0 Å². The van der Waals surface area contributed by atoms with Crippen molar-refractivity contribution >= 4 is 29.7 Å². The first-order chi connectivity index (χ1) is 8.08. The fourth-order valence-electron chi connectivity index (χ4n) is 1.46. The normalized spacial score (nSPS) is 18.7. The quantitative estimate of drug-likeness (QED) is 0.671. The SMILES string of the molecule is O=C(O)CCCC(=O)NC(=O)NC1CCSC1. The van der Waals surface area contributed by atoms with Crippen molar-refractivity contribution in [1.82, 2.24) is 10.6 Å². The van der Waals surface area contributed by atoms with Gasteiger partial charge < -0.3 is 10.4 Å². The van der Waals surface area contributed by atoms with Crippen LogP contribution in [0.5, 0.6) is 0 Å². The zero-order valence-corrected chi connectivity index (χ0v) is 10.2. The average molecular weight is 260 g/mol. The molecule has 0 aliphatic carbocycles. The van der Waals surface area contributed by atoms with Gasteiger partial charge in [0.15, 0.2) is 0 Å². The first-order valence-corrected chi connectivity index (χ1v) is 6.63. The minimum Gasteiger partial charge on any atom is -0.481 e. The van der Waals surface area contributed by atoms with E-state index < -0.39 is 17.9 Å². The predicted octanol–water partition coefficient (Wildman–Crippen LogP) is 0.573. The molecule has 0 aromatic rings. The lowest BCUT2D eigenvalue weighted by atomic mass is 10.2. The number of hydrogen-bond acceptors (Lipinski definition) is 4. The Hall–Kier alpha value is -1.24. The molecule has 1 fully saturated rings. The molecule has 6 nitrogen and oxygen atoms in total. The van der Waals surface area contributed by atoms with E-state index in [1.807, 2.05) is 0 Å². The van der Waals surface area contributed by atoms with E-state index in [4.69, 9.17) is 5.11 Å². The summed E-state index contributed by atoms with van der Waals surface area (Å²) in [7, 11) is 0. The van der Waals surface area contributed by atoms with Gasteiger partial charge in [-0.2, -0.15) is 11.8 Å². The molecule has 0 bridgehead atoms. The number of nitrogens with one attached hydrogen (secondary N) is 2. The van der Waals surface area contributed by atoms with Gasteiger partial charge in [0.1, 0.15) is 0 Å². The Morgan fingerprint density at radius 1 is 1.29 bits per heavy atom. The van der Waals surface area contributed by atoms with Crippen molar-refractivity contribution in [2.45, 2.75) is 31.7 Å². The summed E-state index contributed by atoms with van der Waals surface area (Å²) in [5.74, 6) is 0.526. The first-order valence-electron chi connectivity index (χ1n) is 5.48. The third kappa shape index (κ3) is 6.15. The number of carbonyl (C=O) groups is 3. The average Bonchev–Trinajstić information content (AvgIpc) is 2.69. The van der Waals surface area contributed by atoms with Gasteiger partial charge in [-0.05, 0) is 18.6 Å². The molecule has 0 saturated carbocycles. The van der Waals surface area contributed by atoms with Gasteiger partial charge in [0, 0.05) is 24.6 Å². The predicted molar refractivity (Wildman–Crippen MR) is 63.9 cm³/mol. The van der Waals surface area contributed by atoms with Gasteiger partial charge in [0.2, 0.25) is 5.91 Å². The maximum absolute atomic E-state index is 11.3. The molecule has 1 rings (SSSR count). The number of carboxylic acid groups (broad SMARTS) is 1. The molecular formula is C10H16N2O4S. The van der Waals surface area contributed by atoms with Crippen LogP contribution in [0, 0.1) is 0 Å². The highest BCUT2D eigenvalue weighted by molar-refractivity contribution is 7.99. The van der Waals surface area contributed by atoms with Crippen LogP contribution in [0.15, 0.2) is 0 Å². The van der Waals surface area contributed by atoms with Crippen molar-refractivity contribution in [3.05, 3.63) is 0 Å². The summed E-state index contributed by atoms with van der Waals surface area (Å²) < 4.78 is 0. The number of thioether (sulfide) groups is 1. The van der Waals surface area contributed by atoms with Gasteiger partial charge >= 0.3 is 12.0 Å². The van der Waals surface area contributed by atoms with Gasteiger partial charge in [0.25, 0.3) is 0 Å². The smallest absolute Gasteiger partial charge is 0.321 e. The molecule has 0 spiro atoms. The summed E-state index contributed by atoms with van der Waals surface area (Å²) in [5, 5.41) is 13.3. The summed E-state index contributed by atoms with van der Waals surface area (Å²) >= 11 is 1.77. The standard InChI is InChI=1S/C10H16N2O4S/c13-8(2-1-3-9(14)15)12-10(16)11-7-4-5-17-6-7/h7H,1-6H2,(H,14,15)(H2,11,12,13,16). The number of amides is 3. The van der Waals surface area contributed by atoms with Gasteiger partial charge in [-0.1, -0.05) is 0 Å². The second kappa shape index (κ2) is 7.16. The van der Waals surface area contributed by atoms with E-state index in [1.165, 1.54) is 0 Å². The van der Waals surface area contributed by atoms with Crippen LogP contribution in [-0.2, 0) is 9.59 Å². The van der Waals surface area contributed by atoms with Crippen LogP contribution in [-0.4, -0.2) is 40.6 Å². The zero-order chi connectivity index (χ0) is 12.7. The van der Waals surface area contributed by atoms with Gasteiger partial charge in [-0.15, -0.1) is 0 Å². The van der Waals surface area contributed by atoms with E-state index in [1.54, 1.807) is 11.8 Å². The van der Waals surface area contributed by atoms with Crippen molar-refractivity contribution in [3.63, 3.8) is 0 Å². The number of rotatable bonds is 5. The van der Waals surface area contributed by atoms with Gasteiger partial charge in [0.05, 0.1) is 0 Å². The Morgan fingerprint density at radius 3 is 2.65 bits per heavy atom. The molecule has 3 N–H and O–H groups in total. The summed E-state index contributed by atoms with van der Waals surface area (Å²) in [6.07, 6.45) is 1.16. The molecule has 0 radical (unpaired) electrons. The number of aliphatic carboxylic acids is 1. The molecule has 0 aromatic heterocycles. The van der Waals surface area contributed by atoms with E-state index in [2.05, 4.69) is 10.6 Å². The second-order valence-corrected chi connectivity index (χ2v) is 4.98. The lowest BCUT2D eigenvalue weighted by molar-refractivity contribution is -0.137. The highest BCUT2D eigenvalue weighted by atomic mass is 32.2. The fourth-order valence-corrected chi connectivity index (χ4v) is 2.61. The molecule has 1 saturated heterocycles. The second-order valence-electron chi connectivity index (χ2n) is 3.83. The molecule has 1 aliphatic heterocycles. The molecule has 1 heterocycles. The summed E-state index contributed by atoms with van der Waals surface area (Å²) in [6.45, 7) is 0. The van der Waals surface area contributed by atoms with Crippen LogP contribution in [0.4, 0.5) is 4.79 Å². The van der Waals surface area contributed by atoms with Crippen molar-refractivity contribution < 1.29 is 19.5 Å².